The number of ether oxygens (including phenoxy) is 1. The lowest BCUT2D eigenvalue weighted by atomic mass is 10.2. The van der Waals surface area contributed by atoms with Crippen molar-refractivity contribution < 1.29 is 9.84 Å². The van der Waals surface area contributed by atoms with E-state index in [-0.39, 0.29) is 31.4 Å². The Kier molecular flexibility index (Phi) is 10.5. The molecule has 1 aliphatic heterocycles. The van der Waals surface area contributed by atoms with Crippen LogP contribution in [0.3, 0.4) is 0 Å². The van der Waals surface area contributed by atoms with Crippen LogP contribution in [0.2, 0.25) is 10.0 Å². The van der Waals surface area contributed by atoms with Crippen LogP contribution in [0.25, 0.3) is 0 Å². The van der Waals surface area contributed by atoms with Gasteiger partial charge in [-0.2, -0.15) is 0 Å². The molecule has 1 saturated heterocycles. The Morgan fingerprint density at radius 1 is 1.07 bits per heavy atom. The van der Waals surface area contributed by atoms with Crippen LogP contribution in [0.4, 0.5) is 5.82 Å². The predicted octanol–water partition coefficient (Wildman–Crippen LogP) is 3.79. The summed E-state index contributed by atoms with van der Waals surface area (Å²) in [7, 11) is 0. The number of hydrogen-bond acceptors (Lipinski definition) is 5. The monoisotopic (exact) mass is 453 g/mol. The number of aliphatic hydroxyl groups is 1. The van der Waals surface area contributed by atoms with Crippen LogP contribution in [0.15, 0.2) is 42.6 Å². The van der Waals surface area contributed by atoms with Crippen molar-refractivity contribution in [2.45, 2.75) is 6.10 Å². The fraction of sp³-hybridized carbons (Fsp3) is 0.389. The van der Waals surface area contributed by atoms with E-state index in [1.54, 1.807) is 18.2 Å². The average Bonchev–Trinajstić information content (AvgIpc) is 2.62. The Morgan fingerprint density at radius 2 is 1.81 bits per heavy atom. The van der Waals surface area contributed by atoms with E-state index in [2.05, 4.69) is 14.8 Å². The molecule has 1 aromatic carbocycles. The van der Waals surface area contributed by atoms with Gasteiger partial charge in [0.1, 0.15) is 24.3 Å². The molecular weight excluding hydrogens is 432 g/mol. The number of halogens is 4. The van der Waals surface area contributed by atoms with Crippen LogP contribution in [-0.2, 0) is 0 Å². The fourth-order valence-electron chi connectivity index (χ4n) is 2.83. The number of rotatable bonds is 6. The van der Waals surface area contributed by atoms with E-state index >= 15 is 0 Å². The van der Waals surface area contributed by atoms with Crippen molar-refractivity contribution in [1.29, 1.82) is 0 Å². The van der Waals surface area contributed by atoms with Gasteiger partial charge in [-0.15, -0.1) is 24.8 Å². The molecule has 1 unspecified atom stereocenters. The summed E-state index contributed by atoms with van der Waals surface area (Å²) in [5.74, 6) is 1.54. The highest BCUT2D eigenvalue weighted by Crippen LogP contribution is 2.27. The molecule has 0 radical (unpaired) electrons. The molecule has 0 saturated carbocycles. The molecule has 3 rings (SSSR count). The summed E-state index contributed by atoms with van der Waals surface area (Å²) >= 11 is 11.9. The van der Waals surface area contributed by atoms with Crippen molar-refractivity contribution in [2.75, 3.05) is 44.2 Å². The van der Waals surface area contributed by atoms with Gasteiger partial charge in [0, 0.05) is 43.9 Å². The molecule has 5 nitrogen and oxygen atoms in total. The van der Waals surface area contributed by atoms with Gasteiger partial charge in [0.2, 0.25) is 0 Å². The average molecular weight is 455 g/mol. The highest BCUT2D eigenvalue weighted by molar-refractivity contribution is 6.35. The van der Waals surface area contributed by atoms with E-state index in [1.165, 1.54) is 0 Å². The molecule has 2 aromatic rings. The fourth-order valence-corrected chi connectivity index (χ4v) is 3.29. The zero-order valence-electron chi connectivity index (χ0n) is 14.6. The number of nitrogens with zero attached hydrogens (tertiary/aromatic N) is 3. The molecule has 0 bridgehead atoms. The Bertz CT molecular complexity index is 686. The Balaban J connectivity index is 0.00000182. The van der Waals surface area contributed by atoms with Crippen LogP contribution < -0.4 is 9.64 Å². The van der Waals surface area contributed by atoms with Gasteiger partial charge in [0.25, 0.3) is 0 Å². The topological polar surface area (TPSA) is 48.8 Å². The summed E-state index contributed by atoms with van der Waals surface area (Å²) in [6.07, 6.45) is 1.23. The molecule has 0 amide bonds. The molecule has 1 aliphatic rings. The Hall–Kier alpha value is -0.950. The molecule has 9 heteroatoms. The first-order chi connectivity index (χ1) is 12.1. The minimum Gasteiger partial charge on any atom is -0.489 e. The van der Waals surface area contributed by atoms with Gasteiger partial charge in [-0.05, 0) is 30.3 Å². The number of pyridine rings is 1. The third kappa shape index (κ3) is 7.18. The van der Waals surface area contributed by atoms with E-state index in [0.29, 0.717) is 22.3 Å². The van der Waals surface area contributed by atoms with E-state index in [1.807, 2.05) is 24.4 Å². The molecule has 0 aliphatic carbocycles. The summed E-state index contributed by atoms with van der Waals surface area (Å²) in [5.41, 5.74) is 0. The van der Waals surface area contributed by atoms with Crippen molar-refractivity contribution in [3.8, 4) is 5.75 Å². The number of aromatic nitrogens is 1. The molecule has 27 heavy (non-hydrogen) atoms. The van der Waals surface area contributed by atoms with Crippen LogP contribution in [0.5, 0.6) is 5.75 Å². The molecule has 1 N–H and O–H groups in total. The Morgan fingerprint density at radius 3 is 2.44 bits per heavy atom. The lowest BCUT2D eigenvalue weighted by Gasteiger charge is -2.36. The highest BCUT2D eigenvalue weighted by atomic mass is 35.5. The zero-order valence-corrected chi connectivity index (χ0v) is 17.8. The minimum absolute atomic E-state index is 0. The number of aliphatic hydroxyl groups excluding tert-OH is 1. The van der Waals surface area contributed by atoms with Crippen LogP contribution in [0, 0.1) is 0 Å². The van der Waals surface area contributed by atoms with Crippen molar-refractivity contribution >= 4 is 53.8 Å². The number of anilines is 1. The summed E-state index contributed by atoms with van der Waals surface area (Å²) in [4.78, 5) is 8.87. The van der Waals surface area contributed by atoms with Gasteiger partial charge in [0.15, 0.2) is 0 Å². The number of benzene rings is 1. The van der Waals surface area contributed by atoms with Crippen molar-refractivity contribution in [2.24, 2.45) is 0 Å². The smallest absolute Gasteiger partial charge is 0.138 e. The van der Waals surface area contributed by atoms with Gasteiger partial charge in [-0.25, -0.2) is 4.98 Å². The third-order valence-corrected chi connectivity index (χ3v) is 4.67. The maximum atomic E-state index is 10.2. The third-order valence-electron chi connectivity index (χ3n) is 4.14. The van der Waals surface area contributed by atoms with Gasteiger partial charge >= 0.3 is 0 Å². The summed E-state index contributed by atoms with van der Waals surface area (Å²) in [6.45, 7) is 4.33. The molecule has 2 heterocycles. The van der Waals surface area contributed by atoms with Gasteiger partial charge in [-0.1, -0.05) is 29.3 Å². The second kappa shape index (κ2) is 11.8. The summed E-state index contributed by atoms with van der Waals surface area (Å²) in [5, 5.41) is 11.2. The quantitative estimate of drug-likeness (QED) is 0.719. The molecule has 0 spiro atoms. The molecule has 1 aromatic heterocycles. The second-order valence-electron chi connectivity index (χ2n) is 6.02. The second-order valence-corrected chi connectivity index (χ2v) is 6.86. The van der Waals surface area contributed by atoms with E-state index in [0.717, 1.165) is 32.0 Å². The van der Waals surface area contributed by atoms with Crippen molar-refractivity contribution in [3.63, 3.8) is 0 Å². The first kappa shape index (κ1) is 24.1. The van der Waals surface area contributed by atoms with E-state index in [9.17, 15) is 5.11 Å². The number of hydrogen-bond donors (Lipinski definition) is 1. The predicted molar refractivity (Wildman–Crippen MR) is 115 cm³/mol. The van der Waals surface area contributed by atoms with Crippen molar-refractivity contribution in [1.82, 2.24) is 9.88 Å². The van der Waals surface area contributed by atoms with E-state index < -0.39 is 6.10 Å². The first-order valence-electron chi connectivity index (χ1n) is 8.26. The van der Waals surface area contributed by atoms with Crippen molar-refractivity contribution in [3.05, 3.63) is 52.6 Å². The summed E-state index contributed by atoms with van der Waals surface area (Å²) < 4.78 is 5.60. The molecule has 1 fully saturated rings. The number of piperazine rings is 1. The molecule has 1 atom stereocenters. The van der Waals surface area contributed by atoms with Gasteiger partial charge < -0.3 is 14.7 Å². The maximum Gasteiger partial charge on any atom is 0.138 e. The van der Waals surface area contributed by atoms with E-state index in [4.69, 9.17) is 27.9 Å². The molecule has 150 valence electrons. The van der Waals surface area contributed by atoms with Crippen LogP contribution >= 0.6 is 48.0 Å². The summed E-state index contributed by atoms with van der Waals surface area (Å²) in [6, 6.07) is 11.0. The highest BCUT2D eigenvalue weighted by Gasteiger charge is 2.20. The van der Waals surface area contributed by atoms with Crippen LogP contribution in [-0.4, -0.2) is 60.4 Å². The Labute approximate surface area is 182 Å². The van der Waals surface area contributed by atoms with Gasteiger partial charge in [0.05, 0.1) is 5.02 Å². The molecular formula is C18H23Cl4N3O2. The largest absolute Gasteiger partial charge is 0.489 e. The van der Waals surface area contributed by atoms with Gasteiger partial charge in [-0.3, -0.25) is 4.90 Å². The minimum atomic E-state index is -0.576. The standard InChI is InChI=1S/C18H21Cl2N3O2.2ClH/c19-14-4-5-17(16(20)11-14)25-13-15(24)12-22-7-9-23(10-8-22)18-3-1-2-6-21-18;;/h1-6,11,15,24H,7-10,12-13H2;2*1H. The normalized spacial score (nSPS) is 15.4. The lowest BCUT2D eigenvalue weighted by molar-refractivity contribution is 0.0663. The lowest BCUT2D eigenvalue weighted by Crippen LogP contribution is -2.49. The maximum absolute atomic E-state index is 10.2. The zero-order chi connectivity index (χ0) is 17.6. The number of β-amino-alcohol motifs (C(OH)–C–C–N with tert-alkyl or cyclic N) is 1. The van der Waals surface area contributed by atoms with Crippen LogP contribution in [0.1, 0.15) is 0 Å². The SMILES string of the molecule is Cl.Cl.OC(COc1ccc(Cl)cc1Cl)CN1CCN(c2ccccn2)CC1. The first-order valence-corrected chi connectivity index (χ1v) is 9.01.